The lowest BCUT2D eigenvalue weighted by atomic mass is 10.2. The van der Waals surface area contributed by atoms with Crippen LogP contribution in [0.15, 0.2) is 10.5 Å². The molecule has 4 nitrogen and oxygen atoms in total. The van der Waals surface area contributed by atoms with E-state index in [1.165, 1.54) is 25.1 Å². The molecule has 114 valence electrons. The number of rotatable bonds is 7. The van der Waals surface area contributed by atoms with Gasteiger partial charge in [-0.25, -0.2) is 0 Å². The fraction of sp³-hybridized carbons (Fsp3) is 0.750. The van der Waals surface area contributed by atoms with Gasteiger partial charge in [-0.1, -0.05) is 13.8 Å². The summed E-state index contributed by atoms with van der Waals surface area (Å²) in [5, 5.41) is 3.15. The summed E-state index contributed by atoms with van der Waals surface area (Å²) in [6, 6.07) is 2.91. The highest BCUT2D eigenvalue weighted by molar-refractivity contribution is 5.20. The normalized spacial score (nSPS) is 20.1. The van der Waals surface area contributed by atoms with E-state index in [-0.39, 0.29) is 0 Å². The summed E-state index contributed by atoms with van der Waals surface area (Å²) in [6.45, 7) is 13.1. The molecule has 1 saturated heterocycles. The van der Waals surface area contributed by atoms with Crippen LogP contribution in [0, 0.1) is 6.92 Å². The molecule has 0 radical (unpaired) electrons. The van der Waals surface area contributed by atoms with Gasteiger partial charge in [0.2, 0.25) is 0 Å². The first-order valence-corrected chi connectivity index (χ1v) is 7.87. The van der Waals surface area contributed by atoms with Crippen molar-refractivity contribution in [1.29, 1.82) is 0 Å². The Morgan fingerprint density at radius 3 is 2.80 bits per heavy atom. The van der Waals surface area contributed by atoms with Gasteiger partial charge in [0.05, 0.1) is 13.1 Å². The van der Waals surface area contributed by atoms with E-state index >= 15 is 0 Å². The van der Waals surface area contributed by atoms with Crippen LogP contribution in [-0.4, -0.2) is 49.1 Å². The van der Waals surface area contributed by atoms with Crippen LogP contribution >= 0.6 is 0 Å². The number of likely N-dealkylation sites (tertiary alicyclic amines) is 1. The highest BCUT2D eigenvalue weighted by Gasteiger charge is 2.26. The van der Waals surface area contributed by atoms with Crippen molar-refractivity contribution >= 4 is 0 Å². The minimum atomic E-state index is 0.720. The number of likely N-dealkylation sites (N-methyl/N-ethyl adjacent to an activating group) is 1. The molecule has 2 heterocycles. The number of nitrogens with zero attached hydrogens (tertiary/aromatic N) is 2. The van der Waals surface area contributed by atoms with E-state index in [9.17, 15) is 0 Å². The summed E-state index contributed by atoms with van der Waals surface area (Å²) >= 11 is 0. The predicted molar refractivity (Wildman–Crippen MR) is 82.8 cm³/mol. The minimum absolute atomic E-state index is 0.720. The fourth-order valence-electron chi connectivity index (χ4n) is 3.22. The van der Waals surface area contributed by atoms with Crippen LogP contribution in [-0.2, 0) is 13.1 Å². The molecule has 1 fully saturated rings. The molecule has 0 aromatic carbocycles. The standard InChI is InChI=1S/C16H29N3O/c1-5-19(6-2)14-7-8-18(11-14)12-15-9-13(3)16(20-15)10-17-4/h9,14,17H,5-8,10-12H2,1-4H3. The van der Waals surface area contributed by atoms with Crippen molar-refractivity contribution in [3.8, 4) is 0 Å². The van der Waals surface area contributed by atoms with Gasteiger partial charge in [0.25, 0.3) is 0 Å². The Bertz CT molecular complexity index is 412. The second-order valence-corrected chi connectivity index (χ2v) is 5.75. The van der Waals surface area contributed by atoms with Crippen molar-refractivity contribution in [3.05, 3.63) is 23.2 Å². The zero-order valence-electron chi connectivity index (χ0n) is 13.4. The number of nitrogens with one attached hydrogen (secondary N) is 1. The van der Waals surface area contributed by atoms with Gasteiger partial charge < -0.3 is 9.73 Å². The third-order valence-electron chi connectivity index (χ3n) is 4.36. The van der Waals surface area contributed by atoms with E-state index < -0.39 is 0 Å². The van der Waals surface area contributed by atoms with Gasteiger partial charge in [-0.05, 0) is 45.1 Å². The van der Waals surface area contributed by atoms with Crippen LogP contribution in [0.4, 0.5) is 0 Å². The summed E-state index contributed by atoms with van der Waals surface area (Å²) < 4.78 is 5.95. The van der Waals surface area contributed by atoms with Crippen LogP contribution in [0.3, 0.4) is 0 Å². The highest BCUT2D eigenvalue weighted by Crippen LogP contribution is 2.21. The second-order valence-electron chi connectivity index (χ2n) is 5.75. The van der Waals surface area contributed by atoms with E-state index in [0.717, 1.165) is 43.7 Å². The van der Waals surface area contributed by atoms with E-state index in [1.54, 1.807) is 0 Å². The summed E-state index contributed by atoms with van der Waals surface area (Å²) in [6.07, 6.45) is 1.28. The number of hydrogen-bond donors (Lipinski definition) is 1. The summed E-state index contributed by atoms with van der Waals surface area (Å²) in [5.74, 6) is 2.18. The van der Waals surface area contributed by atoms with Crippen molar-refractivity contribution in [1.82, 2.24) is 15.1 Å². The average Bonchev–Trinajstić information content (AvgIpc) is 3.00. The lowest BCUT2D eigenvalue weighted by molar-refractivity contribution is 0.204. The van der Waals surface area contributed by atoms with Crippen LogP contribution in [0.2, 0.25) is 0 Å². The maximum Gasteiger partial charge on any atom is 0.120 e. The van der Waals surface area contributed by atoms with E-state index in [0.29, 0.717) is 0 Å². The zero-order chi connectivity index (χ0) is 14.5. The Balaban J connectivity index is 1.90. The average molecular weight is 279 g/mol. The molecule has 1 N–H and O–H groups in total. The van der Waals surface area contributed by atoms with Gasteiger partial charge in [-0.15, -0.1) is 0 Å². The van der Waals surface area contributed by atoms with Gasteiger partial charge in [0, 0.05) is 19.1 Å². The molecular formula is C16H29N3O. The Morgan fingerprint density at radius 2 is 2.15 bits per heavy atom. The fourth-order valence-corrected chi connectivity index (χ4v) is 3.22. The molecule has 1 aromatic rings. The monoisotopic (exact) mass is 279 g/mol. The maximum atomic E-state index is 5.95. The molecule has 1 aliphatic heterocycles. The van der Waals surface area contributed by atoms with Crippen molar-refractivity contribution < 1.29 is 4.42 Å². The van der Waals surface area contributed by atoms with Crippen molar-refractivity contribution in [2.75, 3.05) is 33.2 Å². The molecule has 2 rings (SSSR count). The van der Waals surface area contributed by atoms with E-state index in [4.69, 9.17) is 4.42 Å². The number of furan rings is 1. The van der Waals surface area contributed by atoms with Crippen molar-refractivity contribution in [3.63, 3.8) is 0 Å². The van der Waals surface area contributed by atoms with Gasteiger partial charge in [-0.2, -0.15) is 0 Å². The molecule has 0 spiro atoms. The predicted octanol–water partition coefficient (Wildman–Crippen LogP) is 2.22. The summed E-state index contributed by atoms with van der Waals surface area (Å²) in [7, 11) is 1.96. The molecule has 0 saturated carbocycles. The first-order valence-electron chi connectivity index (χ1n) is 7.87. The Labute approximate surface area is 123 Å². The molecular weight excluding hydrogens is 250 g/mol. The van der Waals surface area contributed by atoms with Crippen molar-refractivity contribution in [2.45, 2.75) is 46.3 Å². The summed E-state index contributed by atoms with van der Waals surface area (Å²) in [4.78, 5) is 5.09. The van der Waals surface area contributed by atoms with Crippen molar-refractivity contribution in [2.24, 2.45) is 0 Å². The van der Waals surface area contributed by atoms with Gasteiger partial charge in [0.15, 0.2) is 0 Å². The zero-order valence-corrected chi connectivity index (χ0v) is 13.4. The molecule has 0 amide bonds. The third-order valence-corrected chi connectivity index (χ3v) is 4.36. The first-order chi connectivity index (χ1) is 9.67. The molecule has 1 unspecified atom stereocenters. The Morgan fingerprint density at radius 1 is 1.40 bits per heavy atom. The molecule has 4 heteroatoms. The minimum Gasteiger partial charge on any atom is -0.463 e. The number of hydrogen-bond acceptors (Lipinski definition) is 4. The van der Waals surface area contributed by atoms with Crippen LogP contribution in [0.25, 0.3) is 0 Å². The largest absolute Gasteiger partial charge is 0.463 e. The van der Waals surface area contributed by atoms with Crippen LogP contribution < -0.4 is 5.32 Å². The molecule has 1 aromatic heterocycles. The Hall–Kier alpha value is -0.840. The lowest BCUT2D eigenvalue weighted by Gasteiger charge is -2.26. The maximum absolute atomic E-state index is 5.95. The SMILES string of the molecule is CCN(CC)C1CCN(Cc2cc(C)c(CNC)o2)C1. The number of aryl methyl sites for hydroxylation is 1. The summed E-state index contributed by atoms with van der Waals surface area (Å²) in [5.41, 5.74) is 1.26. The quantitative estimate of drug-likeness (QED) is 0.829. The first kappa shape index (κ1) is 15.5. The lowest BCUT2D eigenvalue weighted by Crippen LogP contribution is -2.37. The smallest absolute Gasteiger partial charge is 0.120 e. The van der Waals surface area contributed by atoms with Crippen LogP contribution in [0.1, 0.15) is 37.4 Å². The molecule has 0 bridgehead atoms. The van der Waals surface area contributed by atoms with Gasteiger partial charge >= 0.3 is 0 Å². The van der Waals surface area contributed by atoms with E-state index in [2.05, 4.69) is 42.0 Å². The highest BCUT2D eigenvalue weighted by atomic mass is 16.3. The third kappa shape index (κ3) is 3.62. The second kappa shape index (κ2) is 7.25. The molecule has 0 aliphatic carbocycles. The van der Waals surface area contributed by atoms with Gasteiger partial charge in [0.1, 0.15) is 11.5 Å². The Kier molecular flexibility index (Phi) is 5.64. The molecule has 1 atom stereocenters. The van der Waals surface area contributed by atoms with Crippen LogP contribution in [0.5, 0.6) is 0 Å². The van der Waals surface area contributed by atoms with E-state index in [1.807, 2.05) is 7.05 Å². The molecule has 20 heavy (non-hydrogen) atoms. The molecule has 1 aliphatic rings. The van der Waals surface area contributed by atoms with Gasteiger partial charge in [-0.3, -0.25) is 9.80 Å². The topological polar surface area (TPSA) is 31.6 Å².